The minimum absolute atomic E-state index is 0.00180. The Morgan fingerprint density at radius 1 is 1.04 bits per heavy atom. The van der Waals surface area contributed by atoms with Crippen LogP contribution in [-0.2, 0) is 28.2 Å². The van der Waals surface area contributed by atoms with Crippen molar-refractivity contribution >= 4 is 23.7 Å². The van der Waals surface area contributed by atoms with Gasteiger partial charge in [0.1, 0.15) is 11.6 Å². The molecule has 0 unspecified atom stereocenters. The number of aryl methyl sites for hydroxylation is 1. The van der Waals surface area contributed by atoms with Gasteiger partial charge in [0, 0.05) is 71.3 Å². The number of halogens is 1. The number of nitrogens with one attached hydrogen (secondary N) is 2. The fourth-order valence-corrected chi connectivity index (χ4v) is 7.02. The lowest BCUT2D eigenvalue weighted by molar-refractivity contribution is -0.145. The van der Waals surface area contributed by atoms with E-state index >= 15 is 0 Å². The molecule has 0 radical (unpaired) electrons. The van der Waals surface area contributed by atoms with Crippen molar-refractivity contribution in [3.05, 3.63) is 75.5 Å². The second kappa shape index (κ2) is 12.4. The highest BCUT2D eigenvalue weighted by atomic mass is 19.1. The molecule has 3 aliphatic heterocycles. The molecular formula is C32H38FN9O5. The van der Waals surface area contributed by atoms with E-state index in [-0.39, 0.29) is 24.7 Å². The predicted octanol–water partition coefficient (Wildman–Crippen LogP) is 0.665. The Hall–Kier alpha value is -4.92. The number of nitrogens with zero attached hydrogens (tertiary/aromatic N) is 7. The number of anilines is 1. The average Bonchev–Trinajstić information content (AvgIpc) is 3.30. The molecule has 47 heavy (non-hydrogen) atoms. The summed E-state index contributed by atoms with van der Waals surface area (Å²) >= 11 is 0. The normalized spacial score (nSPS) is 22.3. The zero-order chi connectivity index (χ0) is 33.5. The highest BCUT2D eigenvalue weighted by Gasteiger charge is 2.54. The van der Waals surface area contributed by atoms with Gasteiger partial charge in [-0.2, -0.15) is 0 Å². The van der Waals surface area contributed by atoms with Crippen LogP contribution in [0.4, 0.5) is 10.3 Å². The van der Waals surface area contributed by atoms with Gasteiger partial charge in [0.05, 0.1) is 5.54 Å². The molecule has 1 aromatic carbocycles. The molecule has 2 fully saturated rings. The number of hydrogen-bond donors (Lipinski definition) is 3. The van der Waals surface area contributed by atoms with Crippen LogP contribution in [0.15, 0.2) is 41.5 Å². The second-order valence-electron chi connectivity index (χ2n) is 12.8. The minimum atomic E-state index is -1.24. The molecule has 1 saturated heterocycles. The van der Waals surface area contributed by atoms with Crippen LogP contribution < -0.4 is 21.1 Å². The Morgan fingerprint density at radius 3 is 2.36 bits per heavy atom. The third kappa shape index (κ3) is 5.90. The van der Waals surface area contributed by atoms with E-state index in [9.17, 15) is 28.7 Å². The number of hydrogen-bond acceptors (Lipinski definition) is 10. The van der Waals surface area contributed by atoms with Crippen molar-refractivity contribution in [2.75, 3.05) is 45.2 Å². The van der Waals surface area contributed by atoms with E-state index in [1.165, 1.54) is 35.7 Å². The summed E-state index contributed by atoms with van der Waals surface area (Å²) in [5.41, 5.74) is -2.00. The lowest BCUT2D eigenvalue weighted by atomic mass is 9.72. The topological polar surface area (TPSA) is 166 Å². The Labute approximate surface area is 270 Å². The lowest BCUT2D eigenvalue weighted by Crippen LogP contribution is -2.61. The number of fused-ring (bicyclic) bond motifs is 2. The summed E-state index contributed by atoms with van der Waals surface area (Å²) in [4.78, 5) is 72.1. The molecule has 5 heterocycles. The molecule has 3 aromatic rings. The van der Waals surface area contributed by atoms with Crippen molar-refractivity contribution in [2.24, 2.45) is 0 Å². The number of carbonyl (C=O) groups is 3. The molecule has 14 nitrogen and oxygen atoms in total. The highest BCUT2D eigenvalue weighted by molar-refractivity contribution is 6.35. The summed E-state index contributed by atoms with van der Waals surface area (Å²) < 4.78 is 15.1. The van der Waals surface area contributed by atoms with Gasteiger partial charge in [-0.15, -0.1) is 0 Å². The molecule has 7 rings (SSSR count). The van der Waals surface area contributed by atoms with Crippen LogP contribution >= 0.6 is 0 Å². The maximum Gasteiger partial charge on any atom is 0.311 e. The van der Waals surface area contributed by atoms with Crippen molar-refractivity contribution < 1.29 is 23.9 Å². The fourth-order valence-electron chi connectivity index (χ4n) is 7.02. The van der Waals surface area contributed by atoms with Gasteiger partial charge >= 0.3 is 11.8 Å². The van der Waals surface area contributed by atoms with Gasteiger partial charge < -0.3 is 25.5 Å². The van der Waals surface area contributed by atoms with Crippen molar-refractivity contribution in [1.29, 1.82) is 0 Å². The number of likely N-dealkylation sites (N-methyl/N-ethyl adjacent to an activating group) is 1. The van der Waals surface area contributed by atoms with Crippen LogP contribution in [0, 0.1) is 12.7 Å². The van der Waals surface area contributed by atoms with Crippen LogP contribution in [0.1, 0.15) is 53.1 Å². The predicted molar refractivity (Wildman–Crippen MR) is 168 cm³/mol. The maximum atomic E-state index is 13.9. The monoisotopic (exact) mass is 647 g/mol. The summed E-state index contributed by atoms with van der Waals surface area (Å²) in [6.45, 7) is 4.47. The molecule has 1 saturated carbocycles. The second-order valence-corrected chi connectivity index (χ2v) is 12.8. The van der Waals surface area contributed by atoms with Gasteiger partial charge in [0.2, 0.25) is 11.7 Å². The molecule has 4 aliphatic rings. The quantitative estimate of drug-likeness (QED) is 0.324. The summed E-state index contributed by atoms with van der Waals surface area (Å²) in [7, 11) is 2.94. The molecule has 3 N–H and O–H groups in total. The van der Waals surface area contributed by atoms with E-state index in [2.05, 4.69) is 35.4 Å². The molecular weight excluding hydrogens is 609 g/mol. The van der Waals surface area contributed by atoms with Crippen LogP contribution in [0.5, 0.6) is 5.75 Å². The van der Waals surface area contributed by atoms with Gasteiger partial charge in [-0.3, -0.25) is 28.6 Å². The van der Waals surface area contributed by atoms with Crippen molar-refractivity contribution in [1.82, 2.24) is 40.0 Å². The fraction of sp³-hybridized carbons (Fsp3) is 0.469. The molecule has 248 valence electrons. The number of carbonyl (C=O) groups excluding carboxylic acids is 3. The summed E-state index contributed by atoms with van der Waals surface area (Å²) in [6.07, 6.45) is 5.26. The van der Waals surface area contributed by atoms with Gasteiger partial charge in [0.25, 0.3) is 11.5 Å². The first-order chi connectivity index (χ1) is 22.4. The number of rotatable bonds is 6. The standard InChI is InChI=1S/C32H38FN9O5/c1-20-17-21(5-6-22(20)33)18-36-25(44)23-24(43)27(46)42-19-31(41-15-13-40(14-16-41)30-34-11-4-12-35-30)7-9-32(10-8-31,29(42)37-23)38-26(45)28(47)39(2)3/h4-6,11-12,17,43H,7-10,13-16,18-19H2,1-3H3,(H,36,44)(H,38,45). The number of piperazine rings is 1. The zero-order valence-corrected chi connectivity index (χ0v) is 26.6. The summed E-state index contributed by atoms with van der Waals surface area (Å²) in [5.74, 6) is -2.83. The average molecular weight is 648 g/mol. The van der Waals surface area contributed by atoms with E-state index in [0.29, 0.717) is 68.9 Å². The van der Waals surface area contributed by atoms with Crippen molar-refractivity contribution in [3.63, 3.8) is 0 Å². The van der Waals surface area contributed by atoms with E-state index in [1.807, 2.05) is 0 Å². The minimum Gasteiger partial charge on any atom is -0.501 e. The Balaban J connectivity index is 1.33. The van der Waals surface area contributed by atoms with Crippen molar-refractivity contribution in [3.8, 4) is 5.75 Å². The first-order valence-corrected chi connectivity index (χ1v) is 15.6. The molecule has 2 bridgehead atoms. The molecule has 1 aliphatic carbocycles. The lowest BCUT2D eigenvalue weighted by Gasteiger charge is -2.50. The SMILES string of the molecule is Cc1cc(CNC(=O)c2nc3n(c(=O)c2O)CC2(N4CCN(c5ncccn5)CC4)CCC3(NC(=O)C(=O)N(C)C)CC2)ccc1F. The number of aromatic nitrogens is 4. The maximum absolute atomic E-state index is 13.9. The molecule has 0 atom stereocenters. The first-order valence-electron chi connectivity index (χ1n) is 15.6. The van der Waals surface area contributed by atoms with Crippen molar-refractivity contribution in [2.45, 2.75) is 56.8 Å². The Bertz CT molecular complexity index is 1760. The number of benzene rings is 1. The Morgan fingerprint density at radius 2 is 1.72 bits per heavy atom. The van der Waals surface area contributed by atoms with Gasteiger partial charge in [-0.05, 0) is 55.9 Å². The van der Waals surface area contributed by atoms with E-state index < -0.39 is 45.8 Å². The van der Waals surface area contributed by atoms with Gasteiger partial charge in [-0.1, -0.05) is 12.1 Å². The third-order valence-electron chi connectivity index (χ3n) is 9.69. The Kier molecular flexibility index (Phi) is 8.42. The molecule has 15 heteroatoms. The smallest absolute Gasteiger partial charge is 0.311 e. The number of aromatic hydroxyl groups is 1. The zero-order valence-electron chi connectivity index (χ0n) is 26.6. The van der Waals surface area contributed by atoms with Gasteiger partial charge in [0.15, 0.2) is 5.69 Å². The van der Waals surface area contributed by atoms with Crippen LogP contribution in [0.2, 0.25) is 0 Å². The third-order valence-corrected chi connectivity index (χ3v) is 9.69. The highest BCUT2D eigenvalue weighted by Crippen LogP contribution is 2.48. The van der Waals surface area contributed by atoms with E-state index in [1.54, 1.807) is 31.5 Å². The first kappa shape index (κ1) is 32.0. The largest absolute Gasteiger partial charge is 0.501 e. The van der Waals surface area contributed by atoms with Gasteiger partial charge in [-0.25, -0.2) is 19.3 Å². The molecule has 2 aromatic heterocycles. The summed E-state index contributed by atoms with van der Waals surface area (Å²) in [6, 6.07) is 6.18. The summed E-state index contributed by atoms with van der Waals surface area (Å²) in [5, 5.41) is 16.6. The van der Waals surface area contributed by atoms with Crippen LogP contribution in [-0.4, -0.2) is 98.0 Å². The van der Waals surface area contributed by atoms with Crippen LogP contribution in [0.25, 0.3) is 0 Å². The molecule has 0 spiro atoms. The number of amides is 3. The van der Waals surface area contributed by atoms with E-state index in [4.69, 9.17) is 0 Å². The van der Waals surface area contributed by atoms with E-state index in [0.717, 1.165) is 0 Å². The van der Waals surface area contributed by atoms with Crippen LogP contribution in [0.3, 0.4) is 0 Å². The molecule has 3 amide bonds.